The van der Waals surface area contributed by atoms with E-state index in [-0.39, 0.29) is 0 Å². The summed E-state index contributed by atoms with van der Waals surface area (Å²) in [5, 5.41) is 3.71. The molecule has 0 aromatic carbocycles. The van der Waals surface area contributed by atoms with E-state index >= 15 is 0 Å². The van der Waals surface area contributed by atoms with Crippen LogP contribution in [-0.2, 0) is 0 Å². The molecule has 17 heavy (non-hydrogen) atoms. The summed E-state index contributed by atoms with van der Waals surface area (Å²) in [7, 11) is 0. The number of nitrogens with zero attached hydrogens (tertiary/aromatic N) is 2. The maximum Gasteiger partial charge on any atom is 0.157 e. The zero-order valence-corrected chi connectivity index (χ0v) is 11.0. The molecule has 5 heteroatoms. The minimum absolute atomic E-state index is 0.319. The van der Waals surface area contributed by atoms with Gasteiger partial charge in [-0.15, -0.1) is 0 Å². The molecule has 0 spiro atoms. The molecule has 94 valence electrons. The Morgan fingerprint density at radius 1 is 1.24 bits per heavy atom. The van der Waals surface area contributed by atoms with Crippen LogP contribution < -0.4 is 11.1 Å². The summed E-state index contributed by atoms with van der Waals surface area (Å²) in [5.74, 6) is 2.15. The van der Waals surface area contributed by atoms with E-state index in [1.165, 1.54) is 12.7 Å². The third kappa shape index (κ3) is 3.00. The van der Waals surface area contributed by atoms with E-state index in [1.54, 1.807) is 0 Å². The predicted molar refractivity (Wildman–Crippen MR) is 71.0 cm³/mol. The molecule has 0 radical (unpaired) electrons. The highest BCUT2D eigenvalue weighted by atomic mass is 35.5. The third-order valence-corrected chi connectivity index (χ3v) is 3.66. The number of hydrogen-bond acceptors (Lipinski definition) is 4. The summed E-state index contributed by atoms with van der Waals surface area (Å²) >= 11 is 5.87. The van der Waals surface area contributed by atoms with Crippen molar-refractivity contribution in [3.05, 3.63) is 11.5 Å². The lowest BCUT2D eigenvalue weighted by atomic mass is 9.80. The Bertz CT molecular complexity index is 386. The van der Waals surface area contributed by atoms with Gasteiger partial charge in [0.1, 0.15) is 12.0 Å². The van der Waals surface area contributed by atoms with Crippen LogP contribution in [0.15, 0.2) is 6.33 Å². The quantitative estimate of drug-likeness (QED) is 0.797. The van der Waals surface area contributed by atoms with Crippen molar-refractivity contribution in [2.75, 3.05) is 11.1 Å². The summed E-state index contributed by atoms with van der Waals surface area (Å²) in [6.45, 7) is 4.58. The number of nitrogens with one attached hydrogen (secondary N) is 1. The molecular formula is C12H19ClN4. The molecule has 3 N–H and O–H groups in total. The van der Waals surface area contributed by atoms with Gasteiger partial charge >= 0.3 is 0 Å². The molecule has 2 unspecified atom stereocenters. The lowest BCUT2D eigenvalue weighted by Crippen LogP contribution is -2.30. The van der Waals surface area contributed by atoms with E-state index in [9.17, 15) is 0 Å². The molecule has 1 aliphatic rings. The van der Waals surface area contributed by atoms with Gasteiger partial charge < -0.3 is 11.1 Å². The van der Waals surface area contributed by atoms with Crippen molar-refractivity contribution in [3.63, 3.8) is 0 Å². The molecule has 4 nitrogen and oxygen atoms in total. The summed E-state index contributed by atoms with van der Waals surface area (Å²) in [6, 6.07) is 0.432. The van der Waals surface area contributed by atoms with Crippen molar-refractivity contribution in [1.82, 2.24) is 9.97 Å². The Morgan fingerprint density at radius 2 is 1.88 bits per heavy atom. The van der Waals surface area contributed by atoms with E-state index in [0.29, 0.717) is 22.7 Å². The number of nitrogens with two attached hydrogens (primary N) is 1. The van der Waals surface area contributed by atoms with Gasteiger partial charge in [0.2, 0.25) is 0 Å². The molecule has 0 bridgehead atoms. The molecule has 1 heterocycles. The van der Waals surface area contributed by atoms with E-state index < -0.39 is 0 Å². The van der Waals surface area contributed by atoms with Crippen LogP contribution in [0.25, 0.3) is 0 Å². The maximum absolute atomic E-state index is 5.87. The Balaban J connectivity index is 2.07. The smallest absolute Gasteiger partial charge is 0.157 e. The zero-order chi connectivity index (χ0) is 12.4. The molecule has 1 saturated carbocycles. The summed E-state index contributed by atoms with van der Waals surface area (Å²) in [5.41, 5.74) is 6.29. The standard InChI is InChI=1S/C12H19ClN4/c1-7-3-8(2)5-9(4-7)17-12-10(14)11(13)15-6-16-12/h6-9H,3-5,14H2,1-2H3,(H,15,16,17). The van der Waals surface area contributed by atoms with Crippen molar-refractivity contribution >= 4 is 23.1 Å². The lowest BCUT2D eigenvalue weighted by Gasteiger charge is -2.32. The van der Waals surface area contributed by atoms with E-state index in [0.717, 1.165) is 24.7 Å². The number of rotatable bonds is 2. The highest BCUT2D eigenvalue weighted by Crippen LogP contribution is 2.31. The van der Waals surface area contributed by atoms with Crippen LogP contribution in [-0.4, -0.2) is 16.0 Å². The third-order valence-electron chi connectivity index (χ3n) is 3.35. The summed E-state index contributed by atoms with van der Waals surface area (Å²) in [6.07, 6.45) is 5.06. The second-order valence-electron chi connectivity index (χ2n) is 5.19. The van der Waals surface area contributed by atoms with Crippen LogP contribution in [0, 0.1) is 11.8 Å². The van der Waals surface area contributed by atoms with Gasteiger partial charge in [0.25, 0.3) is 0 Å². The van der Waals surface area contributed by atoms with Gasteiger partial charge in [0, 0.05) is 6.04 Å². The van der Waals surface area contributed by atoms with Gasteiger partial charge in [0.15, 0.2) is 11.0 Å². The maximum atomic E-state index is 5.87. The van der Waals surface area contributed by atoms with Gasteiger partial charge in [-0.25, -0.2) is 9.97 Å². The Kier molecular flexibility index (Phi) is 3.72. The van der Waals surface area contributed by atoms with Crippen molar-refractivity contribution < 1.29 is 0 Å². The van der Waals surface area contributed by atoms with E-state index in [2.05, 4.69) is 29.1 Å². The van der Waals surface area contributed by atoms with Gasteiger partial charge in [0.05, 0.1) is 0 Å². The van der Waals surface area contributed by atoms with Crippen LogP contribution in [0.5, 0.6) is 0 Å². The highest BCUT2D eigenvalue weighted by Gasteiger charge is 2.24. The molecule has 2 rings (SSSR count). The minimum Gasteiger partial charge on any atom is -0.393 e. The normalized spacial score (nSPS) is 29.0. The Morgan fingerprint density at radius 3 is 2.53 bits per heavy atom. The van der Waals surface area contributed by atoms with Crippen molar-refractivity contribution in [2.45, 2.75) is 39.2 Å². The monoisotopic (exact) mass is 254 g/mol. The second-order valence-corrected chi connectivity index (χ2v) is 5.54. The average Bonchev–Trinajstić information content (AvgIpc) is 2.23. The van der Waals surface area contributed by atoms with Crippen molar-refractivity contribution in [3.8, 4) is 0 Å². The number of halogens is 1. The lowest BCUT2D eigenvalue weighted by molar-refractivity contribution is 0.280. The average molecular weight is 255 g/mol. The van der Waals surface area contributed by atoms with Crippen LogP contribution in [0.1, 0.15) is 33.1 Å². The topological polar surface area (TPSA) is 63.8 Å². The first-order valence-corrected chi connectivity index (χ1v) is 6.46. The van der Waals surface area contributed by atoms with Crippen molar-refractivity contribution in [2.24, 2.45) is 11.8 Å². The zero-order valence-electron chi connectivity index (χ0n) is 10.3. The number of nitrogen functional groups attached to an aromatic ring is 1. The van der Waals surface area contributed by atoms with Crippen LogP contribution in [0.4, 0.5) is 11.5 Å². The van der Waals surface area contributed by atoms with Gasteiger partial charge in [-0.1, -0.05) is 25.4 Å². The SMILES string of the molecule is CC1CC(C)CC(Nc2ncnc(Cl)c2N)C1. The molecule has 1 fully saturated rings. The molecular weight excluding hydrogens is 236 g/mol. The van der Waals surface area contributed by atoms with Crippen LogP contribution in [0.2, 0.25) is 5.15 Å². The fourth-order valence-corrected chi connectivity index (χ4v) is 2.88. The molecule has 1 aromatic heterocycles. The number of aromatic nitrogens is 2. The van der Waals surface area contributed by atoms with Gasteiger partial charge in [-0.3, -0.25) is 0 Å². The van der Waals surface area contributed by atoms with Crippen LogP contribution >= 0.6 is 11.6 Å². The molecule has 2 atom stereocenters. The largest absolute Gasteiger partial charge is 0.393 e. The van der Waals surface area contributed by atoms with Gasteiger partial charge in [-0.2, -0.15) is 0 Å². The molecule has 1 aromatic rings. The first-order chi connectivity index (χ1) is 8.06. The van der Waals surface area contributed by atoms with E-state index in [4.69, 9.17) is 17.3 Å². The first-order valence-electron chi connectivity index (χ1n) is 6.08. The summed E-state index contributed by atoms with van der Waals surface area (Å²) < 4.78 is 0. The first kappa shape index (κ1) is 12.4. The fourth-order valence-electron chi connectivity index (χ4n) is 2.75. The highest BCUT2D eigenvalue weighted by molar-refractivity contribution is 6.32. The Hall–Kier alpha value is -1.03. The fraction of sp³-hybridized carbons (Fsp3) is 0.667. The molecule has 0 saturated heterocycles. The molecule has 0 amide bonds. The van der Waals surface area contributed by atoms with Gasteiger partial charge in [-0.05, 0) is 31.1 Å². The summed E-state index contributed by atoms with van der Waals surface area (Å²) in [4.78, 5) is 8.00. The Labute approximate surface area is 107 Å². The second kappa shape index (κ2) is 5.08. The number of hydrogen-bond donors (Lipinski definition) is 2. The van der Waals surface area contributed by atoms with Crippen LogP contribution in [0.3, 0.4) is 0 Å². The molecule has 1 aliphatic carbocycles. The number of anilines is 2. The minimum atomic E-state index is 0.319. The molecule has 0 aliphatic heterocycles. The van der Waals surface area contributed by atoms with E-state index in [1.807, 2.05) is 0 Å². The van der Waals surface area contributed by atoms with Crippen molar-refractivity contribution in [1.29, 1.82) is 0 Å². The predicted octanol–water partition coefficient (Wildman–Crippen LogP) is 2.95.